The molecule has 0 saturated carbocycles. The molecule has 1 heterocycles. The van der Waals surface area contributed by atoms with Crippen molar-refractivity contribution in [2.24, 2.45) is 5.92 Å². The average Bonchev–Trinajstić information content (AvgIpc) is 2.35. The van der Waals surface area contributed by atoms with Gasteiger partial charge in [0.25, 0.3) is 0 Å². The highest BCUT2D eigenvalue weighted by atomic mass is 16.1. The molecule has 19 heavy (non-hydrogen) atoms. The van der Waals surface area contributed by atoms with Crippen LogP contribution in [-0.4, -0.2) is 49.6 Å². The summed E-state index contributed by atoms with van der Waals surface area (Å²) in [6.45, 7) is 14.3. The maximum atomic E-state index is 11.7. The molecule has 1 aliphatic heterocycles. The smallest absolute Gasteiger partial charge is 0.224 e. The van der Waals surface area contributed by atoms with Crippen molar-refractivity contribution in [1.29, 1.82) is 0 Å². The Hall–Kier alpha value is -0.870. The number of nitrogens with one attached hydrogen (secondary N) is 2. The maximum absolute atomic E-state index is 11.7. The monoisotopic (exact) mass is 267 g/mol. The Morgan fingerprint density at radius 2 is 2.11 bits per heavy atom. The lowest BCUT2D eigenvalue weighted by atomic mass is 9.97. The van der Waals surface area contributed by atoms with E-state index in [1.807, 2.05) is 0 Å². The van der Waals surface area contributed by atoms with Gasteiger partial charge in [-0.2, -0.15) is 0 Å². The Morgan fingerprint density at radius 3 is 2.68 bits per heavy atom. The molecular formula is C15H29N3O. The number of hydrogen-bond acceptors (Lipinski definition) is 3. The minimum absolute atomic E-state index is 0.121. The highest BCUT2D eigenvalue weighted by Gasteiger charge is 2.25. The average molecular weight is 267 g/mol. The zero-order valence-electron chi connectivity index (χ0n) is 12.9. The summed E-state index contributed by atoms with van der Waals surface area (Å²) in [5, 5.41) is 6.20. The molecule has 1 saturated heterocycles. The lowest BCUT2D eigenvalue weighted by Gasteiger charge is -2.32. The maximum Gasteiger partial charge on any atom is 0.224 e. The number of carbonyl (C=O) groups excluding carboxylic acids is 1. The van der Waals surface area contributed by atoms with Gasteiger partial charge in [0.2, 0.25) is 5.91 Å². The van der Waals surface area contributed by atoms with Gasteiger partial charge in [0, 0.05) is 32.2 Å². The summed E-state index contributed by atoms with van der Waals surface area (Å²) in [4.78, 5) is 14.0. The Morgan fingerprint density at radius 1 is 1.42 bits per heavy atom. The number of carbonyl (C=O) groups is 1. The summed E-state index contributed by atoms with van der Waals surface area (Å²) < 4.78 is 0. The molecule has 0 radical (unpaired) electrons. The second-order valence-electron chi connectivity index (χ2n) is 6.54. The van der Waals surface area contributed by atoms with Gasteiger partial charge in [0.15, 0.2) is 0 Å². The highest BCUT2D eigenvalue weighted by Crippen LogP contribution is 2.17. The van der Waals surface area contributed by atoms with E-state index in [9.17, 15) is 4.79 Å². The standard InChI is InChI=1S/C15H29N3O/c1-12(9-17-15(2,3)4)10-18-8-6-7-13(11-18)14(19)16-5/h13,17H,1,6-11H2,2-5H3,(H,16,19). The molecule has 1 aliphatic rings. The molecule has 1 unspecified atom stereocenters. The molecule has 1 atom stereocenters. The second-order valence-corrected chi connectivity index (χ2v) is 6.54. The lowest BCUT2D eigenvalue weighted by Crippen LogP contribution is -2.44. The van der Waals surface area contributed by atoms with Crippen molar-refractivity contribution in [2.75, 3.05) is 33.2 Å². The summed E-state index contributed by atoms with van der Waals surface area (Å²) in [5.41, 5.74) is 1.31. The van der Waals surface area contributed by atoms with Crippen LogP contribution in [0.25, 0.3) is 0 Å². The predicted molar refractivity (Wildman–Crippen MR) is 80.1 cm³/mol. The van der Waals surface area contributed by atoms with Gasteiger partial charge in [0.05, 0.1) is 5.92 Å². The van der Waals surface area contributed by atoms with E-state index >= 15 is 0 Å². The van der Waals surface area contributed by atoms with E-state index < -0.39 is 0 Å². The van der Waals surface area contributed by atoms with Gasteiger partial charge in [-0.1, -0.05) is 6.58 Å². The summed E-state index contributed by atoms with van der Waals surface area (Å²) in [6, 6.07) is 0. The van der Waals surface area contributed by atoms with E-state index in [4.69, 9.17) is 0 Å². The summed E-state index contributed by atoms with van der Waals surface area (Å²) in [7, 11) is 1.72. The fourth-order valence-electron chi connectivity index (χ4n) is 2.38. The molecule has 1 rings (SSSR count). The van der Waals surface area contributed by atoms with Gasteiger partial charge in [-0.25, -0.2) is 0 Å². The molecule has 110 valence electrons. The molecule has 0 aromatic rings. The zero-order valence-corrected chi connectivity index (χ0v) is 12.9. The Bertz CT molecular complexity index is 320. The van der Waals surface area contributed by atoms with Gasteiger partial charge in [0.1, 0.15) is 0 Å². The first-order chi connectivity index (χ1) is 8.81. The largest absolute Gasteiger partial charge is 0.359 e. The van der Waals surface area contributed by atoms with E-state index in [1.165, 1.54) is 5.57 Å². The van der Waals surface area contributed by atoms with E-state index in [0.717, 1.165) is 39.0 Å². The summed E-state index contributed by atoms with van der Waals surface area (Å²) >= 11 is 0. The Kier molecular flexibility index (Phi) is 6.01. The molecule has 1 amide bonds. The normalized spacial score (nSPS) is 21.2. The molecule has 4 heteroatoms. The Labute approximate surface area is 117 Å². The molecule has 0 spiro atoms. The van der Waals surface area contributed by atoms with Gasteiger partial charge in [-0.05, 0) is 45.7 Å². The third-order valence-electron chi connectivity index (χ3n) is 3.44. The van der Waals surface area contributed by atoms with Crippen molar-refractivity contribution in [3.63, 3.8) is 0 Å². The quantitative estimate of drug-likeness (QED) is 0.740. The van der Waals surface area contributed by atoms with Crippen LogP contribution in [0.1, 0.15) is 33.6 Å². The third kappa shape index (κ3) is 6.21. The first-order valence-electron chi connectivity index (χ1n) is 7.17. The van der Waals surface area contributed by atoms with Crippen molar-refractivity contribution in [1.82, 2.24) is 15.5 Å². The minimum Gasteiger partial charge on any atom is -0.359 e. The van der Waals surface area contributed by atoms with Gasteiger partial charge < -0.3 is 10.6 Å². The fourth-order valence-corrected chi connectivity index (χ4v) is 2.38. The number of rotatable bonds is 5. The summed E-state index contributed by atoms with van der Waals surface area (Å²) in [5.74, 6) is 0.310. The van der Waals surface area contributed by atoms with Crippen molar-refractivity contribution >= 4 is 5.91 Å². The molecule has 0 aromatic heterocycles. The van der Waals surface area contributed by atoms with Crippen molar-refractivity contribution in [3.05, 3.63) is 12.2 Å². The minimum atomic E-state index is 0.121. The van der Waals surface area contributed by atoms with Crippen LogP contribution in [0, 0.1) is 5.92 Å². The summed E-state index contributed by atoms with van der Waals surface area (Å²) in [6.07, 6.45) is 2.10. The molecule has 0 aromatic carbocycles. The van der Waals surface area contributed by atoms with Crippen LogP contribution < -0.4 is 10.6 Å². The van der Waals surface area contributed by atoms with Gasteiger partial charge in [-0.3, -0.25) is 9.69 Å². The topological polar surface area (TPSA) is 44.4 Å². The number of nitrogens with zero attached hydrogens (tertiary/aromatic N) is 1. The molecule has 2 N–H and O–H groups in total. The number of hydrogen-bond donors (Lipinski definition) is 2. The van der Waals surface area contributed by atoms with Crippen molar-refractivity contribution in [2.45, 2.75) is 39.2 Å². The van der Waals surface area contributed by atoms with E-state index in [2.05, 4.69) is 42.9 Å². The predicted octanol–water partition coefficient (Wildman–Crippen LogP) is 1.39. The lowest BCUT2D eigenvalue weighted by molar-refractivity contribution is -0.126. The van der Waals surface area contributed by atoms with Crippen LogP contribution in [0.5, 0.6) is 0 Å². The van der Waals surface area contributed by atoms with Crippen LogP contribution in [0.2, 0.25) is 0 Å². The molecule has 0 bridgehead atoms. The van der Waals surface area contributed by atoms with Crippen LogP contribution in [0.3, 0.4) is 0 Å². The number of amides is 1. The van der Waals surface area contributed by atoms with Crippen LogP contribution >= 0.6 is 0 Å². The Balaban J connectivity index is 2.36. The first-order valence-corrected chi connectivity index (χ1v) is 7.17. The van der Waals surface area contributed by atoms with Crippen LogP contribution in [0.4, 0.5) is 0 Å². The number of piperidine rings is 1. The van der Waals surface area contributed by atoms with Gasteiger partial charge in [-0.15, -0.1) is 0 Å². The van der Waals surface area contributed by atoms with Gasteiger partial charge >= 0.3 is 0 Å². The SMILES string of the molecule is C=C(CNC(C)(C)C)CN1CCCC(C(=O)NC)C1. The van der Waals surface area contributed by atoms with Crippen molar-refractivity contribution < 1.29 is 4.79 Å². The molecular weight excluding hydrogens is 238 g/mol. The van der Waals surface area contributed by atoms with E-state index in [0.29, 0.717) is 0 Å². The molecule has 4 nitrogen and oxygen atoms in total. The van der Waals surface area contributed by atoms with Crippen LogP contribution in [0.15, 0.2) is 12.2 Å². The van der Waals surface area contributed by atoms with Crippen LogP contribution in [-0.2, 0) is 4.79 Å². The van der Waals surface area contributed by atoms with E-state index in [1.54, 1.807) is 7.05 Å². The highest BCUT2D eigenvalue weighted by molar-refractivity contribution is 5.78. The van der Waals surface area contributed by atoms with Crippen molar-refractivity contribution in [3.8, 4) is 0 Å². The van der Waals surface area contributed by atoms with E-state index in [-0.39, 0.29) is 17.4 Å². The third-order valence-corrected chi connectivity index (χ3v) is 3.44. The first kappa shape index (κ1) is 16.2. The molecule has 1 fully saturated rings. The zero-order chi connectivity index (χ0) is 14.5. The molecule has 0 aliphatic carbocycles. The fraction of sp³-hybridized carbons (Fsp3) is 0.800. The number of likely N-dealkylation sites (tertiary alicyclic amines) is 1. The second kappa shape index (κ2) is 7.06.